The minimum Gasteiger partial charge on any atom is -0.457 e. The SMILES string of the molecule is Cc1cc(Oc2ccccc2)cc(C)c1C(Br)C=O. The van der Waals surface area contributed by atoms with Crippen LogP contribution in [0.1, 0.15) is 21.5 Å². The lowest BCUT2D eigenvalue weighted by atomic mass is 10.00. The molecule has 0 aliphatic carbocycles. The number of ether oxygens (including phenoxy) is 1. The molecule has 0 N–H and O–H groups in total. The Kier molecular flexibility index (Phi) is 4.38. The van der Waals surface area contributed by atoms with E-state index < -0.39 is 0 Å². The maximum absolute atomic E-state index is 10.9. The number of carbonyl (C=O) groups excluding carboxylic acids is 1. The number of benzene rings is 2. The third-order valence-electron chi connectivity index (χ3n) is 2.94. The molecule has 1 unspecified atom stereocenters. The van der Waals surface area contributed by atoms with E-state index in [1.165, 1.54) is 0 Å². The molecule has 1 atom stereocenters. The highest BCUT2D eigenvalue weighted by atomic mass is 79.9. The Labute approximate surface area is 121 Å². The number of alkyl halides is 1. The largest absolute Gasteiger partial charge is 0.457 e. The lowest BCUT2D eigenvalue weighted by Gasteiger charge is -2.14. The van der Waals surface area contributed by atoms with Gasteiger partial charge in [-0.05, 0) is 54.8 Å². The second-order valence-corrected chi connectivity index (χ2v) is 5.41. The minimum absolute atomic E-state index is 0.265. The molecule has 0 bridgehead atoms. The maximum Gasteiger partial charge on any atom is 0.138 e. The number of aryl methyl sites for hydroxylation is 2. The van der Waals surface area contributed by atoms with Gasteiger partial charge in [0.05, 0.1) is 4.83 Å². The summed E-state index contributed by atoms with van der Waals surface area (Å²) in [7, 11) is 0. The summed E-state index contributed by atoms with van der Waals surface area (Å²) in [4.78, 5) is 10.6. The average molecular weight is 319 g/mol. The molecule has 0 radical (unpaired) electrons. The summed E-state index contributed by atoms with van der Waals surface area (Å²) in [5.74, 6) is 1.59. The first-order valence-electron chi connectivity index (χ1n) is 6.05. The van der Waals surface area contributed by atoms with Crippen LogP contribution in [-0.4, -0.2) is 6.29 Å². The number of hydrogen-bond donors (Lipinski definition) is 0. The van der Waals surface area contributed by atoms with Gasteiger partial charge >= 0.3 is 0 Å². The first-order valence-corrected chi connectivity index (χ1v) is 6.97. The zero-order valence-corrected chi connectivity index (χ0v) is 12.5. The maximum atomic E-state index is 10.9. The Morgan fingerprint density at radius 1 is 1.05 bits per heavy atom. The van der Waals surface area contributed by atoms with E-state index in [2.05, 4.69) is 15.9 Å². The van der Waals surface area contributed by atoms with Crippen LogP contribution < -0.4 is 4.74 Å². The van der Waals surface area contributed by atoms with E-state index >= 15 is 0 Å². The van der Waals surface area contributed by atoms with Gasteiger partial charge in [-0.15, -0.1) is 0 Å². The summed E-state index contributed by atoms with van der Waals surface area (Å²) in [5, 5.41) is 0. The van der Waals surface area contributed by atoms with Gasteiger partial charge in [0.1, 0.15) is 17.8 Å². The quantitative estimate of drug-likeness (QED) is 0.601. The van der Waals surface area contributed by atoms with Gasteiger partial charge in [-0.2, -0.15) is 0 Å². The van der Waals surface area contributed by atoms with Gasteiger partial charge in [0.15, 0.2) is 0 Å². The average Bonchev–Trinajstić information content (AvgIpc) is 2.38. The summed E-state index contributed by atoms with van der Waals surface area (Å²) in [5.41, 5.74) is 3.09. The van der Waals surface area contributed by atoms with Crippen molar-refractivity contribution < 1.29 is 9.53 Å². The standard InChI is InChI=1S/C16H15BrO2/c1-11-8-14(19-13-6-4-3-5-7-13)9-12(2)16(11)15(17)10-18/h3-10,15H,1-2H3. The number of aldehydes is 1. The molecule has 0 aromatic heterocycles. The molecule has 2 nitrogen and oxygen atoms in total. The predicted molar refractivity (Wildman–Crippen MR) is 80.2 cm³/mol. The molecule has 2 rings (SSSR count). The van der Waals surface area contributed by atoms with Crippen molar-refractivity contribution in [2.24, 2.45) is 0 Å². The summed E-state index contributed by atoms with van der Waals surface area (Å²) in [6.07, 6.45) is 0.896. The zero-order chi connectivity index (χ0) is 13.8. The second-order valence-electron chi connectivity index (χ2n) is 4.42. The van der Waals surface area contributed by atoms with E-state index in [4.69, 9.17) is 4.74 Å². The van der Waals surface area contributed by atoms with Gasteiger partial charge in [0.2, 0.25) is 0 Å². The molecule has 0 fully saturated rings. The first-order chi connectivity index (χ1) is 9.11. The highest BCUT2D eigenvalue weighted by Crippen LogP contribution is 2.32. The highest BCUT2D eigenvalue weighted by Gasteiger charge is 2.13. The number of rotatable bonds is 4. The fourth-order valence-corrected chi connectivity index (χ4v) is 2.84. The molecule has 0 heterocycles. The third kappa shape index (κ3) is 3.24. The number of hydrogen-bond acceptors (Lipinski definition) is 2. The van der Waals surface area contributed by atoms with Crippen molar-refractivity contribution >= 4 is 22.2 Å². The number of carbonyl (C=O) groups is 1. The Morgan fingerprint density at radius 2 is 1.63 bits per heavy atom. The van der Waals surface area contributed by atoms with Crippen molar-refractivity contribution in [2.45, 2.75) is 18.7 Å². The molecule has 0 spiro atoms. The third-order valence-corrected chi connectivity index (χ3v) is 3.62. The van der Waals surface area contributed by atoms with Gasteiger partial charge in [-0.3, -0.25) is 0 Å². The molecule has 98 valence electrons. The minimum atomic E-state index is -0.265. The fraction of sp³-hybridized carbons (Fsp3) is 0.188. The van der Waals surface area contributed by atoms with Crippen molar-refractivity contribution in [1.29, 1.82) is 0 Å². The highest BCUT2D eigenvalue weighted by molar-refractivity contribution is 9.09. The fourth-order valence-electron chi connectivity index (χ4n) is 2.12. The van der Waals surface area contributed by atoms with Crippen molar-refractivity contribution in [3.8, 4) is 11.5 Å². The molecule has 0 saturated heterocycles. The molecule has 2 aromatic rings. The molecular formula is C16H15BrO2. The Hall–Kier alpha value is -1.61. The van der Waals surface area contributed by atoms with Crippen LogP contribution in [0.2, 0.25) is 0 Å². The molecule has 2 aromatic carbocycles. The van der Waals surface area contributed by atoms with Crippen LogP contribution in [0.5, 0.6) is 11.5 Å². The molecule has 0 amide bonds. The van der Waals surface area contributed by atoms with Gasteiger partial charge < -0.3 is 9.53 Å². The Bertz CT molecular complexity index is 556. The van der Waals surface area contributed by atoms with Gasteiger partial charge in [0, 0.05) is 0 Å². The lowest BCUT2D eigenvalue weighted by molar-refractivity contribution is -0.107. The summed E-state index contributed by atoms with van der Waals surface area (Å²) in [6, 6.07) is 13.6. The topological polar surface area (TPSA) is 26.3 Å². The zero-order valence-electron chi connectivity index (χ0n) is 10.9. The second kappa shape index (κ2) is 6.02. The van der Waals surface area contributed by atoms with E-state index in [9.17, 15) is 4.79 Å². The van der Waals surface area contributed by atoms with E-state index in [-0.39, 0.29) is 4.83 Å². The molecule has 0 aliphatic rings. The molecule has 19 heavy (non-hydrogen) atoms. The molecule has 0 saturated carbocycles. The molecular weight excluding hydrogens is 304 g/mol. The predicted octanol–water partition coefficient (Wildman–Crippen LogP) is 4.73. The van der Waals surface area contributed by atoms with E-state index in [0.717, 1.165) is 34.5 Å². The molecule has 3 heteroatoms. The van der Waals surface area contributed by atoms with Gasteiger partial charge in [-0.1, -0.05) is 34.1 Å². The van der Waals surface area contributed by atoms with Crippen molar-refractivity contribution in [2.75, 3.05) is 0 Å². The van der Waals surface area contributed by atoms with Crippen LogP contribution in [0.4, 0.5) is 0 Å². The van der Waals surface area contributed by atoms with E-state index in [1.54, 1.807) is 0 Å². The van der Waals surface area contributed by atoms with E-state index in [1.807, 2.05) is 56.3 Å². The Balaban J connectivity index is 2.32. The van der Waals surface area contributed by atoms with Crippen molar-refractivity contribution in [1.82, 2.24) is 0 Å². The van der Waals surface area contributed by atoms with Crippen LogP contribution >= 0.6 is 15.9 Å². The number of para-hydroxylation sites is 1. The summed E-state index contributed by atoms with van der Waals surface area (Å²) >= 11 is 3.37. The van der Waals surface area contributed by atoms with Crippen LogP contribution in [0.15, 0.2) is 42.5 Å². The van der Waals surface area contributed by atoms with E-state index in [0.29, 0.717) is 0 Å². The summed E-state index contributed by atoms with van der Waals surface area (Å²) in [6.45, 7) is 3.97. The normalized spacial score (nSPS) is 11.9. The monoisotopic (exact) mass is 318 g/mol. The number of halogens is 1. The first kappa shape index (κ1) is 13.8. The van der Waals surface area contributed by atoms with Crippen LogP contribution in [-0.2, 0) is 4.79 Å². The van der Waals surface area contributed by atoms with Crippen LogP contribution in [0.25, 0.3) is 0 Å². The summed E-state index contributed by atoms with van der Waals surface area (Å²) < 4.78 is 5.80. The Morgan fingerprint density at radius 3 is 2.16 bits per heavy atom. The smallest absolute Gasteiger partial charge is 0.138 e. The van der Waals surface area contributed by atoms with Gasteiger partial charge in [0.25, 0.3) is 0 Å². The van der Waals surface area contributed by atoms with Crippen molar-refractivity contribution in [3.05, 3.63) is 59.2 Å². The molecule has 0 aliphatic heterocycles. The van der Waals surface area contributed by atoms with Crippen molar-refractivity contribution in [3.63, 3.8) is 0 Å². The lowest BCUT2D eigenvalue weighted by Crippen LogP contribution is -1.99. The van der Waals surface area contributed by atoms with Gasteiger partial charge in [-0.25, -0.2) is 0 Å². The van der Waals surface area contributed by atoms with Crippen LogP contribution in [0, 0.1) is 13.8 Å². The van der Waals surface area contributed by atoms with Crippen LogP contribution in [0.3, 0.4) is 0 Å².